The highest BCUT2D eigenvalue weighted by Crippen LogP contribution is 2.30. The Morgan fingerprint density at radius 2 is 1.68 bits per heavy atom. The summed E-state index contributed by atoms with van der Waals surface area (Å²) in [5.74, 6) is -0.792. The third-order valence-electron chi connectivity index (χ3n) is 5.36. The minimum Gasteiger partial charge on any atom is -0.483 e. The maximum Gasteiger partial charge on any atom is 0.337 e. The first kappa shape index (κ1) is 23.1. The van der Waals surface area contributed by atoms with Crippen LogP contribution in [0.25, 0.3) is 10.8 Å². The average Bonchev–Trinajstić information content (AvgIpc) is 2.83. The number of amides is 1. The first-order chi connectivity index (χ1) is 16.4. The summed E-state index contributed by atoms with van der Waals surface area (Å²) in [5.41, 5.74) is 3.30. The van der Waals surface area contributed by atoms with Crippen molar-refractivity contribution in [2.75, 3.05) is 17.2 Å². The van der Waals surface area contributed by atoms with Crippen molar-refractivity contribution in [1.29, 1.82) is 0 Å². The molecule has 0 heterocycles. The zero-order valence-corrected chi connectivity index (χ0v) is 19.2. The van der Waals surface area contributed by atoms with Gasteiger partial charge in [0.1, 0.15) is 5.75 Å². The van der Waals surface area contributed by atoms with Gasteiger partial charge in [0.2, 0.25) is 0 Å². The molecule has 4 rings (SSSR count). The lowest BCUT2D eigenvalue weighted by Gasteiger charge is -2.16. The second kappa shape index (κ2) is 10.3. The first-order valence-corrected chi connectivity index (χ1v) is 11.0. The number of carbonyl (C=O) groups is 2. The van der Waals surface area contributed by atoms with Crippen LogP contribution in [0.4, 0.5) is 11.4 Å². The zero-order chi connectivity index (χ0) is 24.1. The van der Waals surface area contributed by atoms with Crippen molar-refractivity contribution in [3.05, 3.63) is 101 Å². The van der Waals surface area contributed by atoms with Gasteiger partial charge in [-0.2, -0.15) is 0 Å². The van der Waals surface area contributed by atoms with Gasteiger partial charge in [-0.1, -0.05) is 59.6 Å². The van der Waals surface area contributed by atoms with Crippen LogP contribution in [0, 0.1) is 6.92 Å². The summed E-state index contributed by atoms with van der Waals surface area (Å²) in [5, 5.41) is 17.6. The Kier molecular flexibility index (Phi) is 6.99. The first-order valence-electron chi connectivity index (χ1n) is 10.7. The van der Waals surface area contributed by atoms with Gasteiger partial charge in [0.25, 0.3) is 5.91 Å². The van der Waals surface area contributed by atoms with Crippen molar-refractivity contribution < 1.29 is 19.4 Å². The number of rotatable bonds is 8. The smallest absolute Gasteiger partial charge is 0.337 e. The van der Waals surface area contributed by atoms with E-state index in [1.807, 2.05) is 67.6 Å². The molecule has 0 atom stereocenters. The Morgan fingerprint density at radius 1 is 0.941 bits per heavy atom. The second-order valence-corrected chi connectivity index (χ2v) is 8.23. The second-order valence-electron chi connectivity index (χ2n) is 7.82. The van der Waals surface area contributed by atoms with E-state index in [0.29, 0.717) is 23.7 Å². The fourth-order valence-electron chi connectivity index (χ4n) is 3.60. The number of fused-ring (bicyclic) bond motifs is 1. The Hall–Kier alpha value is -4.03. The lowest BCUT2D eigenvalue weighted by Crippen LogP contribution is -2.20. The van der Waals surface area contributed by atoms with E-state index in [1.165, 1.54) is 6.07 Å². The van der Waals surface area contributed by atoms with Crippen molar-refractivity contribution >= 4 is 45.6 Å². The van der Waals surface area contributed by atoms with Gasteiger partial charge in [0.05, 0.1) is 10.6 Å². The predicted octanol–water partition coefficient (Wildman–Crippen LogP) is 6.13. The van der Waals surface area contributed by atoms with E-state index in [2.05, 4.69) is 10.6 Å². The number of halogens is 1. The van der Waals surface area contributed by atoms with Crippen molar-refractivity contribution in [1.82, 2.24) is 0 Å². The number of benzene rings is 4. The van der Waals surface area contributed by atoms with E-state index in [1.54, 1.807) is 12.1 Å². The number of carboxylic acids is 1. The summed E-state index contributed by atoms with van der Waals surface area (Å²) >= 11 is 5.98. The van der Waals surface area contributed by atoms with E-state index in [0.717, 1.165) is 21.9 Å². The van der Waals surface area contributed by atoms with Gasteiger partial charge in [-0.15, -0.1) is 0 Å². The molecule has 0 saturated heterocycles. The monoisotopic (exact) mass is 474 g/mol. The molecule has 4 aromatic carbocycles. The summed E-state index contributed by atoms with van der Waals surface area (Å²) < 4.78 is 5.91. The van der Waals surface area contributed by atoms with Crippen molar-refractivity contribution in [2.24, 2.45) is 0 Å². The van der Waals surface area contributed by atoms with Crippen molar-refractivity contribution in [3.8, 4) is 5.75 Å². The molecule has 0 radical (unpaired) electrons. The maximum atomic E-state index is 12.4. The lowest BCUT2D eigenvalue weighted by atomic mass is 10.0. The molecule has 0 aliphatic carbocycles. The van der Waals surface area contributed by atoms with Gasteiger partial charge >= 0.3 is 5.97 Å². The molecule has 0 spiro atoms. The van der Waals surface area contributed by atoms with Crippen LogP contribution in [0.2, 0.25) is 5.02 Å². The fourth-order valence-corrected chi connectivity index (χ4v) is 3.80. The Bertz CT molecular complexity index is 1350. The van der Waals surface area contributed by atoms with Gasteiger partial charge in [-0.25, -0.2) is 4.79 Å². The van der Waals surface area contributed by atoms with E-state index in [-0.39, 0.29) is 23.1 Å². The van der Waals surface area contributed by atoms with Gasteiger partial charge in [0.15, 0.2) is 6.61 Å². The third kappa shape index (κ3) is 5.47. The Balaban J connectivity index is 1.53. The normalized spacial score (nSPS) is 10.6. The summed E-state index contributed by atoms with van der Waals surface area (Å²) in [6.45, 7) is 2.19. The molecule has 172 valence electrons. The van der Waals surface area contributed by atoms with Crippen molar-refractivity contribution in [3.63, 3.8) is 0 Å². The molecule has 3 N–H and O–H groups in total. The van der Waals surface area contributed by atoms with Gasteiger partial charge in [-0.3, -0.25) is 4.79 Å². The highest BCUT2D eigenvalue weighted by molar-refractivity contribution is 6.33. The van der Waals surface area contributed by atoms with Crippen LogP contribution in [0.1, 0.15) is 21.5 Å². The van der Waals surface area contributed by atoms with Crippen LogP contribution in [0.15, 0.2) is 78.9 Å². The minimum atomic E-state index is -1.09. The molecule has 7 heteroatoms. The van der Waals surface area contributed by atoms with Crippen LogP contribution in [0.5, 0.6) is 5.75 Å². The third-order valence-corrected chi connectivity index (χ3v) is 5.69. The van der Waals surface area contributed by atoms with Gasteiger partial charge < -0.3 is 20.5 Å². The van der Waals surface area contributed by atoms with Crippen molar-refractivity contribution in [2.45, 2.75) is 13.5 Å². The van der Waals surface area contributed by atoms with Crippen LogP contribution in [-0.4, -0.2) is 23.6 Å². The molecular weight excluding hydrogens is 452 g/mol. The molecule has 0 aromatic heterocycles. The number of aryl methyl sites for hydroxylation is 1. The molecule has 0 saturated carbocycles. The molecule has 1 amide bonds. The van der Waals surface area contributed by atoms with E-state index in [9.17, 15) is 14.7 Å². The molecule has 6 nitrogen and oxygen atoms in total. The quantitative estimate of drug-likeness (QED) is 0.286. The van der Waals surface area contributed by atoms with E-state index in [4.69, 9.17) is 16.3 Å². The van der Waals surface area contributed by atoms with Crippen LogP contribution in [-0.2, 0) is 11.3 Å². The van der Waals surface area contributed by atoms with Gasteiger partial charge in [-0.05, 0) is 54.1 Å². The molecule has 0 fully saturated rings. The molecule has 0 aliphatic rings. The average molecular weight is 475 g/mol. The number of anilines is 2. The number of carboxylic acid groups (broad SMARTS) is 1. The number of nitrogens with one attached hydrogen (secondary N) is 2. The summed E-state index contributed by atoms with van der Waals surface area (Å²) in [7, 11) is 0. The largest absolute Gasteiger partial charge is 0.483 e. The minimum absolute atomic E-state index is 0.0221. The lowest BCUT2D eigenvalue weighted by molar-refractivity contribution is -0.118. The maximum absolute atomic E-state index is 12.4. The summed E-state index contributed by atoms with van der Waals surface area (Å²) in [4.78, 5) is 23.8. The van der Waals surface area contributed by atoms with Crippen LogP contribution in [0.3, 0.4) is 0 Å². The predicted molar refractivity (Wildman–Crippen MR) is 135 cm³/mol. The highest BCUT2D eigenvalue weighted by atomic mass is 35.5. The number of hydrogen-bond donors (Lipinski definition) is 3. The topological polar surface area (TPSA) is 87.7 Å². The molecule has 0 unspecified atom stereocenters. The highest BCUT2D eigenvalue weighted by Gasteiger charge is 2.13. The number of hydrogen-bond acceptors (Lipinski definition) is 4. The zero-order valence-electron chi connectivity index (χ0n) is 18.5. The van der Waals surface area contributed by atoms with E-state index < -0.39 is 5.97 Å². The molecule has 0 aliphatic heterocycles. The number of ether oxygens (including phenoxy) is 1. The standard InChI is InChI=1S/C27H23ClN2O4/c1-17-6-9-19(10-7-17)30-26(31)16-34-25-13-8-18-4-2-3-5-21(18)23(25)15-29-20-11-12-24(28)22(14-20)27(32)33/h2-14,29H,15-16H2,1H3,(H,30,31)(H,32,33). The SMILES string of the molecule is Cc1ccc(NC(=O)COc2ccc3ccccc3c2CNc2ccc(Cl)c(C(=O)O)c2)cc1. The van der Waals surface area contributed by atoms with Crippen LogP contribution >= 0.6 is 11.6 Å². The Labute approximate surface area is 202 Å². The fraction of sp³-hybridized carbons (Fsp3) is 0.111. The number of carbonyl (C=O) groups excluding carboxylic acids is 1. The molecule has 0 bridgehead atoms. The van der Waals surface area contributed by atoms with Gasteiger partial charge in [0, 0.05) is 23.5 Å². The number of aromatic carboxylic acids is 1. The Morgan fingerprint density at radius 3 is 2.44 bits per heavy atom. The molecule has 34 heavy (non-hydrogen) atoms. The molecular formula is C27H23ClN2O4. The van der Waals surface area contributed by atoms with E-state index >= 15 is 0 Å². The summed E-state index contributed by atoms with van der Waals surface area (Å²) in [6.07, 6.45) is 0. The molecule has 4 aromatic rings. The summed E-state index contributed by atoms with van der Waals surface area (Å²) in [6, 6.07) is 23.9. The van der Waals surface area contributed by atoms with Crippen LogP contribution < -0.4 is 15.4 Å².